The van der Waals surface area contributed by atoms with E-state index < -0.39 is 0 Å². The van der Waals surface area contributed by atoms with Crippen LogP contribution in [-0.2, 0) is 20.9 Å². The van der Waals surface area contributed by atoms with Gasteiger partial charge in [0, 0.05) is 25.5 Å². The number of likely N-dealkylation sites (tertiary alicyclic amines) is 1. The van der Waals surface area contributed by atoms with Gasteiger partial charge < -0.3 is 15.0 Å². The van der Waals surface area contributed by atoms with Crippen LogP contribution in [0.2, 0.25) is 0 Å². The van der Waals surface area contributed by atoms with Crippen LogP contribution in [0, 0.1) is 0 Å². The van der Waals surface area contributed by atoms with Gasteiger partial charge in [-0.25, -0.2) is 0 Å². The molecule has 2 saturated heterocycles. The number of amides is 2. The average Bonchev–Trinajstić information content (AvgIpc) is 2.90. The highest BCUT2D eigenvalue weighted by molar-refractivity contribution is 5.79. The topological polar surface area (TPSA) is 76.5 Å². The van der Waals surface area contributed by atoms with Crippen LogP contribution in [-0.4, -0.2) is 58.3 Å². The number of piperidine rings is 1. The molecule has 1 aromatic heterocycles. The van der Waals surface area contributed by atoms with E-state index in [1.54, 1.807) is 28.0 Å². The standard InChI is InChI=1S/C12H16N4O3/c17-11-8-19-10-2-5-15(6-9(10)14-11)12(18)7-16-4-1-3-13-16/h1,3-4,9-10H,2,5-8H2,(H,14,17)/t9-,10+/m0/s1. The van der Waals surface area contributed by atoms with E-state index in [0.29, 0.717) is 13.1 Å². The van der Waals surface area contributed by atoms with Crippen molar-refractivity contribution >= 4 is 11.8 Å². The van der Waals surface area contributed by atoms with Gasteiger partial charge >= 0.3 is 0 Å². The quantitative estimate of drug-likeness (QED) is 0.743. The van der Waals surface area contributed by atoms with E-state index in [9.17, 15) is 9.59 Å². The SMILES string of the molecule is O=C1CO[C@@H]2CCN(C(=O)Cn3cccn3)C[C@@H]2N1. The zero-order valence-corrected chi connectivity index (χ0v) is 10.5. The molecule has 3 heterocycles. The summed E-state index contributed by atoms with van der Waals surface area (Å²) >= 11 is 0. The molecule has 7 heteroatoms. The number of carbonyl (C=O) groups excluding carboxylic acids is 2. The first-order valence-corrected chi connectivity index (χ1v) is 6.38. The molecule has 0 radical (unpaired) electrons. The first-order chi connectivity index (χ1) is 9.22. The number of aromatic nitrogens is 2. The number of fused-ring (bicyclic) bond motifs is 1. The van der Waals surface area contributed by atoms with E-state index in [2.05, 4.69) is 10.4 Å². The Morgan fingerprint density at radius 3 is 3.26 bits per heavy atom. The number of nitrogens with zero attached hydrogens (tertiary/aromatic N) is 3. The number of nitrogens with one attached hydrogen (secondary N) is 1. The first kappa shape index (κ1) is 12.2. The lowest BCUT2D eigenvalue weighted by Crippen LogP contribution is -2.61. The average molecular weight is 264 g/mol. The monoisotopic (exact) mass is 264 g/mol. The Balaban J connectivity index is 1.60. The van der Waals surface area contributed by atoms with Crippen LogP contribution in [0.5, 0.6) is 0 Å². The Labute approximate surface area is 110 Å². The smallest absolute Gasteiger partial charge is 0.246 e. The summed E-state index contributed by atoms with van der Waals surface area (Å²) in [4.78, 5) is 25.2. The van der Waals surface area contributed by atoms with Gasteiger partial charge in [0.25, 0.3) is 0 Å². The highest BCUT2D eigenvalue weighted by Crippen LogP contribution is 2.17. The molecule has 2 fully saturated rings. The van der Waals surface area contributed by atoms with E-state index in [0.717, 1.165) is 6.42 Å². The van der Waals surface area contributed by atoms with E-state index in [1.165, 1.54) is 0 Å². The van der Waals surface area contributed by atoms with Gasteiger partial charge in [-0.05, 0) is 12.5 Å². The summed E-state index contributed by atoms with van der Waals surface area (Å²) in [6, 6.07) is 1.70. The fourth-order valence-corrected chi connectivity index (χ4v) is 2.56. The Morgan fingerprint density at radius 1 is 1.58 bits per heavy atom. The zero-order chi connectivity index (χ0) is 13.2. The Kier molecular flexibility index (Phi) is 3.20. The van der Waals surface area contributed by atoms with Crippen molar-refractivity contribution in [2.45, 2.75) is 25.1 Å². The summed E-state index contributed by atoms with van der Waals surface area (Å²) in [6.07, 6.45) is 4.20. The minimum absolute atomic E-state index is 0.0157. The van der Waals surface area contributed by atoms with Crippen LogP contribution in [0.15, 0.2) is 18.5 Å². The number of rotatable bonds is 2. The molecule has 0 saturated carbocycles. The molecule has 2 aliphatic heterocycles. The van der Waals surface area contributed by atoms with Crippen molar-refractivity contribution in [1.82, 2.24) is 20.0 Å². The second-order valence-corrected chi connectivity index (χ2v) is 4.86. The lowest BCUT2D eigenvalue weighted by molar-refractivity contribution is -0.146. The van der Waals surface area contributed by atoms with Gasteiger partial charge in [0.05, 0.1) is 12.1 Å². The summed E-state index contributed by atoms with van der Waals surface area (Å²) in [7, 11) is 0. The van der Waals surface area contributed by atoms with E-state index in [-0.39, 0.29) is 37.1 Å². The maximum Gasteiger partial charge on any atom is 0.246 e. The molecule has 3 rings (SSSR count). The Bertz CT molecular complexity index is 473. The molecule has 7 nitrogen and oxygen atoms in total. The molecule has 2 amide bonds. The third-order valence-electron chi connectivity index (χ3n) is 3.53. The number of morpholine rings is 1. The third-order valence-corrected chi connectivity index (χ3v) is 3.53. The van der Waals surface area contributed by atoms with Gasteiger partial charge in [-0.2, -0.15) is 5.10 Å². The highest BCUT2D eigenvalue weighted by Gasteiger charge is 2.36. The van der Waals surface area contributed by atoms with E-state index >= 15 is 0 Å². The van der Waals surface area contributed by atoms with Crippen LogP contribution < -0.4 is 5.32 Å². The molecule has 2 aliphatic rings. The summed E-state index contributed by atoms with van der Waals surface area (Å²) in [5.41, 5.74) is 0. The van der Waals surface area contributed by atoms with Crippen molar-refractivity contribution in [3.63, 3.8) is 0 Å². The lowest BCUT2D eigenvalue weighted by Gasteiger charge is -2.41. The van der Waals surface area contributed by atoms with Crippen LogP contribution >= 0.6 is 0 Å². The van der Waals surface area contributed by atoms with Gasteiger partial charge in [-0.1, -0.05) is 0 Å². The molecular weight excluding hydrogens is 248 g/mol. The Hall–Kier alpha value is -1.89. The van der Waals surface area contributed by atoms with Crippen molar-refractivity contribution in [3.05, 3.63) is 18.5 Å². The number of hydrogen-bond acceptors (Lipinski definition) is 4. The molecule has 0 aliphatic carbocycles. The van der Waals surface area contributed by atoms with Crippen LogP contribution in [0.25, 0.3) is 0 Å². The van der Waals surface area contributed by atoms with Crippen molar-refractivity contribution < 1.29 is 14.3 Å². The maximum atomic E-state index is 12.1. The van der Waals surface area contributed by atoms with Gasteiger partial charge in [-0.3, -0.25) is 14.3 Å². The first-order valence-electron chi connectivity index (χ1n) is 6.38. The zero-order valence-electron chi connectivity index (χ0n) is 10.5. The van der Waals surface area contributed by atoms with Gasteiger partial charge in [-0.15, -0.1) is 0 Å². The van der Waals surface area contributed by atoms with Crippen molar-refractivity contribution in [2.24, 2.45) is 0 Å². The third kappa shape index (κ3) is 2.60. The summed E-state index contributed by atoms with van der Waals surface area (Å²) < 4.78 is 7.06. The van der Waals surface area contributed by atoms with Crippen molar-refractivity contribution in [1.29, 1.82) is 0 Å². The molecule has 102 valence electrons. The molecule has 2 atom stereocenters. The van der Waals surface area contributed by atoms with Crippen LogP contribution in [0.3, 0.4) is 0 Å². The van der Waals surface area contributed by atoms with Crippen molar-refractivity contribution in [3.8, 4) is 0 Å². The number of ether oxygens (including phenoxy) is 1. The van der Waals surface area contributed by atoms with E-state index in [4.69, 9.17) is 4.74 Å². The van der Waals surface area contributed by atoms with Gasteiger partial charge in [0.15, 0.2) is 0 Å². The van der Waals surface area contributed by atoms with Crippen LogP contribution in [0.1, 0.15) is 6.42 Å². The largest absolute Gasteiger partial charge is 0.366 e. The number of hydrogen-bond donors (Lipinski definition) is 1. The van der Waals surface area contributed by atoms with Crippen molar-refractivity contribution in [2.75, 3.05) is 19.7 Å². The predicted molar refractivity (Wildman–Crippen MR) is 65.1 cm³/mol. The maximum absolute atomic E-state index is 12.1. The predicted octanol–water partition coefficient (Wildman–Crippen LogP) is -1.00. The molecule has 0 spiro atoms. The molecule has 0 aromatic carbocycles. The summed E-state index contributed by atoms with van der Waals surface area (Å²) in [6.45, 7) is 1.54. The van der Waals surface area contributed by atoms with Gasteiger partial charge in [0.1, 0.15) is 13.2 Å². The second kappa shape index (κ2) is 5.00. The Morgan fingerprint density at radius 2 is 2.47 bits per heavy atom. The molecule has 0 unspecified atom stereocenters. The van der Waals surface area contributed by atoms with Gasteiger partial charge in [0.2, 0.25) is 11.8 Å². The fraction of sp³-hybridized carbons (Fsp3) is 0.583. The molecule has 1 N–H and O–H groups in total. The molecular formula is C12H16N4O3. The fourth-order valence-electron chi connectivity index (χ4n) is 2.56. The minimum atomic E-state index is -0.109. The second-order valence-electron chi connectivity index (χ2n) is 4.86. The molecule has 1 aromatic rings. The lowest BCUT2D eigenvalue weighted by atomic mass is 10.0. The molecule has 19 heavy (non-hydrogen) atoms. The highest BCUT2D eigenvalue weighted by atomic mass is 16.5. The molecule has 0 bridgehead atoms. The number of carbonyl (C=O) groups is 2. The van der Waals surface area contributed by atoms with E-state index in [1.807, 2.05) is 0 Å². The normalized spacial score (nSPS) is 26.7. The summed E-state index contributed by atoms with van der Waals surface area (Å²) in [5, 5.41) is 6.90. The van der Waals surface area contributed by atoms with Crippen LogP contribution in [0.4, 0.5) is 0 Å². The minimum Gasteiger partial charge on any atom is -0.366 e. The summed E-state index contributed by atoms with van der Waals surface area (Å²) in [5.74, 6) is -0.0930.